The maximum absolute atomic E-state index is 12.3. The number of ether oxygens (including phenoxy) is 1. The van der Waals surface area contributed by atoms with Crippen LogP contribution in [0.5, 0.6) is 5.75 Å². The third-order valence-electron chi connectivity index (χ3n) is 4.25. The molecule has 2 aliphatic rings. The highest BCUT2D eigenvalue weighted by Gasteiger charge is 2.33. The fourth-order valence-corrected chi connectivity index (χ4v) is 3.07. The Morgan fingerprint density at radius 1 is 1.04 bits per heavy atom. The van der Waals surface area contributed by atoms with E-state index < -0.39 is 0 Å². The molecule has 2 aromatic rings. The third-order valence-corrected chi connectivity index (χ3v) is 4.25. The molecule has 0 aliphatic carbocycles. The number of amides is 1. The molecule has 0 saturated heterocycles. The lowest BCUT2D eigenvalue weighted by atomic mass is 9.97. The molecule has 3 N–H and O–H groups in total. The highest BCUT2D eigenvalue weighted by atomic mass is 16.5. The SMILES string of the molecule is COc1ccc(C2Nc3ccccc3NC3=C2C(=O)NC3)cc1. The number of benzene rings is 2. The van der Waals surface area contributed by atoms with E-state index in [-0.39, 0.29) is 11.9 Å². The molecule has 5 heteroatoms. The van der Waals surface area contributed by atoms with Gasteiger partial charge in [-0.2, -0.15) is 0 Å². The number of nitrogens with one attached hydrogen (secondary N) is 3. The van der Waals surface area contributed by atoms with Crippen molar-refractivity contribution in [3.63, 3.8) is 0 Å². The molecule has 0 fully saturated rings. The van der Waals surface area contributed by atoms with Crippen molar-refractivity contribution in [3.05, 3.63) is 65.4 Å². The van der Waals surface area contributed by atoms with Crippen molar-refractivity contribution in [2.75, 3.05) is 24.3 Å². The van der Waals surface area contributed by atoms with Crippen LogP contribution in [0.2, 0.25) is 0 Å². The summed E-state index contributed by atoms with van der Waals surface area (Å²) in [5.74, 6) is 0.764. The van der Waals surface area contributed by atoms with Gasteiger partial charge in [0.05, 0.1) is 36.6 Å². The van der Waals surface area contributed by atoms with Crippen LogP contribution in [0, 0.1) is 0 Å². The van der Waals surface area contributed by atoms with Crippen LogP contribution in [-0.4, -0.2) is 19.6 Å². The lowest BCUT2D eigenvalue weighted by Gasteiger charge is -2.20. The molecule has 0 saturated carbocycles. The van der Waals surface area contributed by atoms with Crippen LogP contribution in [0.1, 0.15) is 11.6 Å². The molecule has 1 amide bonds. The van der Waals surface area contributed by atoms with Crippen LogP contribution >= 0.6 is 0 Å². The second-order valence-corrected chi connectivity index (χ2v) is 5.60. The molecule has 2 aromatic carbocycles. The van der Waals surface area contributed by atoms with Crippen molar-refractivity contribution >= 4 is 17.3 Å². The first-order valence-corrected chi connectivity index (χ1v) is 7.54. The second-order valence-electron chi connectivity index (χ2n) is 5.60. The van der Waals surface area contributed by atoms with Gasteiger partial charge in [-0.05, 0) is 29.8 Å². The Hall–Kier alpha value is -2.95. The maximum Gasteiger partial charge on any atom is 0.251 e. The Bertz CT molecular complexity index is 796. The summed E-state index contributed by atoms with van der Waals surface area (Å²) in [4.78, 5) is 12.3. The molecule has 23 heavy (non-hydrogen) atoms. The summed E-state index contributed by atoms with van der Waals surface area (Å²) in [6, 6.07) is 15.6. The average Bonchev–Trinajstić information content (AvgIpc) is 2.86. The molecule has 5 nitrogen and oxygen atoms in total. The first-order valence-electron chi connectivity index (χ1n) is 7.54. The minimum atomic E-state index is -0.199. The van der Waals surface area contributed by atoms with Gasteiger partial charge in [-0.3, -0.25) is 4.79 Å². The predicted molar refractivity (Wildman–Crippen MR) is 89.5 cm³/mol. The van der Waals surface area contributed by atoms with Crippen molar-refractivity contribution in [1.29, 1.82) is 0 Å². The summed E-state index contributed by atoms with van der Waals surface area (Å²) in [5.41, 5.74) is 4.65. The van der Waals surface area contributed by atoms with Gasteiger partial charge in [0, 0.05) is 5.70 Å². The van der Waals surface area contributed by atoms with Crippen molar-refractivity contribution in [2.24, 2.45) is 0 Å². The molecule has 2 heterocycles. The van der Waals surface area contributed by atoms with Crippen LogP contribution in [0.3, 0.4) is 0 Å². The average molecular weight is 307 g/mol. The minimum Gasteiger partial charge on any atom is -0.497 e. The fraction of sp³-hybridized carbons (Fsp3) is 0.167. The first-order chi connectivity index (χ1) is 11.3. The zero-order valence-electron chi connectivity index (χ0n) is 12.7. The van der Waals surface area contributed by atoms with E-state index >= 15 is 0 Å². The summed E-state index contributed by atoms with van der Waals surface area (Å²) in [7, 11) is 1.64. The fourth-order valence-electron chi connectivity index (χ4n) is 3.07. The molecule has 1 unspecified atom stereocenters. The zero-order valence-corrected chi connectivity index (χ0v) is 12.7. The van der Waals surface area contributed by atoms with Gasteiger partial charge in [0.25, 0.3) is 5.91 Å². The largest absolute Gasteiger partial charge is 0.497 e. The van der Waals surface area contributed by atoms with E-state index in [1.807, 2.05) is 48.5 Å². The van der Waals surface area contributed by atoms with E-state index in [2.05, 4.69) is 16.0 Å². The summed E-state index contributed by atoms with van der Waals surface area (Å²) in [5, 5.41) is 9.78. The van der Waals surface area contributed by atoms with Gasteiger partial charge in [-0.25, -0.2) is 0 Å². The molecule has 4 rings (SSSR count). The third kappa shape index (κ3) is 2.30. The number of carbonyl (C=O) groups excluding carboxylic acids is 1. The molecule has 0 bridgehead atoms. The predicted octanol–water partition coefficient (Wildman–Crippen LogP) is 2.66. The van der Waals surface area contributed by atoms with E-state index in [9.17, 15) is 4.79 Å². The van der Waals surface area contributed by atoms with Gasteiger partial charge in [0.2, 0.25) is 0 Å². The summed E-state index contributed by atoms with van der Waals surface area (Å²) in [6.45, 7) is 0.525. The number of rotatable bonds is 2. The monoisotopic (exact) mass is 307 g/mol. The Morgan fingerprint density at radius 2 is 1.78 bits per heavy atom. The van der Waals surface area contributed by atoms with Gasteiger partial charge in [0.1, 0.15) is 5.75 Å². The number of methoxy groups -OCH3 is 1. The lowest BCUT2D eigenvalue weighted by Crippen LogP contribution is -2.23. The normalized spacial score (nSPS) is 19.0. The standard InChI is InChI=1S/C18H17N3O2/c1-23-12-8-6-11(7-9-12)17-16-15(10-19-18(16)22)20-13-4-2-3-5-14(13)21-17/h2-9,17,20-21H,10H2,1H3,(H,19,22). The molecule has 2 aliphatic heterocycles. The first kappa shape index (κ1) is 13.7. The minimum absolute atomic E-state index is 0.0337. The smallest absolute Gasteiger partial charge is 0.251 e. The number of carbonyl (C=O) groups is 1. The molecule has 0 aromatic heterocycles. The molecule has 1 atom stereocenters. The highest BCUT2D eigenvalue weighted by molar-refractivity contribution is 6.00. The number of hydrogen-bond acceptors (Lipinski definition) is 4. The number of hydrogen-bond donors (Lipinski definition) is 3. The van der Waals surface area contributed by atoms with Crippen molar-refractivity contribution in [1.82, 2.24) is 5.32 Å². The van der Waals surface area contributed by atoms with E-state index in [1.165, 1.54) is 0 Å². The number of anilines is 2. The Morgan fingerprint density at radius 3 is 2.52 bits per heavy atom. The summed E-state index contributed by atoms with van der Waals surface area (Å²) >= 11 is 0. The molecule has 0 spiro atoms. The van der Waals surface area contributed by atoms with Crippen molar-refractivity contribution in [3.8, 4) is 5.75 Å². The lowest BCUT2D eigenvalue weighted by molar-refractivity contribution is -0.116. The van der Waals surface area contributed by atoms with Crippen LogP contribution in [-0.2, 0) is 4.79 Å². The van der Waals surface area contributed by atoms with E-state index in [1.54, 1.807) is 7.11 Å². The summed E-state index contributed by atoms with van der Waals surface area (Å²) < 4.78 is 5.22. The Kier molecular flexibility index (Phi) is 3.19. The van der Waals surface area contributed by atoms with Crippen molar-refractivity contribution in [2.45, 2.75) is 6.04 Å². The van der Waals surface area contributed by atoms with Crippen LogP contribution in [0.15, 0.2) is 59.8 Å². The van der Waals surface area contributed by atoms with E-state index in [0.29, 0.717) is 6.54 Å². The molecule has 116 valence electrons. The highest BCUT2D eigenvalue weighted by Crippen LogP contribution is 2.38. The van der Waals surface area contributed by atoms with E-state index in [0.717, 1.165) is 34.0 Å². The van der Waals surface area contributed by atoms with Crippen LogP contribution in [0.4, 0.5) is 11.4 Å². The Labute approximate surface area is 134 Å². The number of para-hydroxylation sites is 2. The topological polar surface area (TPSA) is 62.4 Å². The van der Waals surface area contributed by atoms with Crippen molar-refractivity contribution < 1.29 is 9.53 Å². The van der Waals surface area contributed by atoms with E-state index in [4.69, 9.17) is 4.74 Å². The van der Waals surface area contributed by atoms with Gasteiger partial charge >= 0.3 is 0 Å². The second kappa shape index (κ2) is 5.35. The maximum atomic E-state index is 12.3. The van der Waals surface area contributed by atoms with Gasteiger partial charge in [-0.1, -0.05) is 24.3 Å². The van der Waals surface area contributed by atoms with Gasteiger partial charge < -0.3 is 20.7 Å². The summed E-state index contributed by atoms with van der Waals surface area (Å²) in [6.07, 6.45) is 0. The molecular weight excluding hydrogens is 290 g/mol. The van der Waals surface area contributed by atoms with Gasteiger partial charge in [0.15, 0.2) is 0 Å². The molecular formula is C18H17N3O2. The van der Waals surface area contributed by atoms with Crippen LogP contribution in [0.25, 0.3) is 0 Å². The molecule has 0 radical (unpaired) electrons. The number of fused-ring (bicyclic) bond motifs is 1. The Balaban J connectivity index is 1.81. The van der Waals surface area contributed by atoms with Gasteiger partial charge in [-0.15, -0.1) is 0 Å². The quantitative estimate of drug-likeness (QED) is 0.798. The van der Waals surface area contributed by atoms with Crippen LogP contribution < -0.4 is 20.7 Å². The zero-order chi connectivity index (χ0) is 15.8.